The van der Waals surface area contributed by atoms with Crippen LogP contribution in [0.15, 0.2) is 30.6 Å². The molecule has 6 heteroatoms. The second kappa shape index (κ2) is 4.43. The number of amides is 1. The van der Waals surface area contributed by atoms with Crippen LogP contribution in [0.2, 0.25) is 0 Å². The topological polar surface area (TPSA) is 79.9 Å². The number of benzene rings is 1. The Bertz CT molecular complexity index is 481. The van der Waals surface area contributed by atoms with E-state index in [0.717, 1.165) is 0 Å². The van der Waals surface area contributed by atoms with Crippen molar-refractivity contribution < 1.29 is 9.53 Å². The zero-order chi connectivity index (χ0) is 11.4. The van der Waals surface area contributed by atoms with E-state index in [9.17, 15) is 4.79 Å². The van der Waals surface area contributed by atoms with Gasteiger partial charge in [0.2, 0.25) is 5.95 Å². The summed E-state index contributed by atoms with van der Waals surface area (Å²) < 4.78 is 5.08. The average molecular weight is 218 g/mol. The maximum atomic E-state index is 11.8. The summed E-state index contributed by atoms with van der Waals surface area (Å²) in [4.78, 5) is 15.6. The lowest BCUT2D eigenvalue weighted by Gasteiger charge is -2.06. The highest BCUT2D eigenvalue weighted by Gasteiger charge is 2.12. The summed E-state index contributed by atoms with van der Waals surface area (Å²) in [5.41, 5.74) is 0.446. The number of ether oxygens (including phenoxy) is 1. The van der Waals surface area contributed by atoms with Gasteiger partial charge in [-0.1, -0.05) is 12.1 Å². The SMILES string of the molecule is COc1ccccc1C(=O)Nc1ncn[nH]1. The molecule has 82 valence electrons. The molecular formula is C10H10N4O2. The molecule has 0 spiro atoms. The van der Waals surface area contributed by atoms with Gasteiger partial charge in [-0.15, -0.1) is 0 Å². The number of hydrogen-bond donors (Lipinski definition) is 2. The first-order valence-corrected chi connectivity index (χ1v) is 4.61. The second-order valence-electron chi connectivity index (χ2n) is 2.99. The van der Waals surface area contributed by atoms with Crippen LogP contribution in [0.4, 0.5) is 5.95 Å². The van der Waals surface area contributed by atoms with Gasteiger partial charge in [0, 0.05) is 0 Å². The minimum absolute atomic E-state index is 0.297. The first-order valence-electron chi connectivity index (χ1n) is 4.61. The molecule has 0 fully saturated rings. The summed E-state index contributed by atoms with van der Waals surface area (Å²) in [5, 5.41) is 8.74. The molecule has 0 bridgehead atoms. The van der Waals surface area contributed by atoms with Gasteiger partial charge in [-0.05, 0) is 12.1 Å². The van der Waals surface area contributed by atoms with Crippen molar-refractivity contribution in [3.8, 4) is 5.75 Å². The fourth-order valence-corrected chi connectivity index (χ4v) is 1.27. The monoisotopic (exact) mass is 218 g/mol. The summed E-state index contributed by atoms with van der Waals surface area (Å²) >= 11 is 0. The van der Waals surface area contributed by atoms with Crippen molar-refractivity contribution in [1.29, 1.82) is 0 Å². The molecule has 2 rings (SSSR count). The minimum Gasteiger partial charge on any atom is -0.496 e. The van der Waals surface area contributed by atoms with Crippen molar-refractivity contribution in [2.75, 3.05) is 12.4 Å². The van der Waals surface area contributed by atoms with Crippen LogP contribution in [0.1, 0.15) is 10.4 Å². The van der Waals surface area contributed by atoms with Crippen LogP contribution in [-0.2, 0) is 0 Å². The zero-order valence-electron chi connectivity index (χ0n) is 8.60. The van der Waals surface area contributed by atoms with Crippen LogP contribution < -0.4 is 10.1 Å². The molecule has 1 aromatic carbocycles. The average Bonchev–Trinajstić information content (AvgIpc) is 2.81. The van der Waals surface area contributed by atoms with E-state index in [-0.39, 0.29) is 5.91 Å². The molecule has 0 radical (unpaired) electrons. The zero-order valence-corrected chi connectivity index (χ0v) is 8.60. The Hall–Kier alpha value is -2.37. The third kappa shape index (κ3) is 2.00. The van der Waals surface area contributed by atoms with E-state index in [1.807, 2.05) is 0 Å². The highest BCUT2D eigenvalue weighted by molar-refractivity contribution is 6.05. The Balaban J connectivity index is 2.21. The first kappa shape index (κ1) is 10.2. The lowest BCUT2D eigenvalue weighted by molar-refractivity contribution is 0.102. The van der Waals surface area contributed by atoms with E-state index in [2.05, 4.69) is 20.5 Å². The smallest absolute Gasteiger partial charge is 0.261 e. The van der Waals surface area contributed by atoms with Gasteiger partial charge in [0.05, 0.1) is 12.7 Å². The lowest BCUT2D eigenvalue weighted by Crippen LogP contribution is -2.14. The standard InChI is InChI=1S/C10H10N4O2/c1-16-8-5-3-2-4-7(8)9(15)13-10-11-6-12-14-10/h2-6H,1H3,(H2,11,12,13,14,15). The van der Waals surface area contributed by atoms with E-state index in [4.69, 9.17) is 4.74 Å². The van der Waals surface area contributed by atoms with Crippen molar-refractivity contribution in [2.45, 2.75) is 0 Å². The molecule has 1 aromatic heterocycles. The quantitative estimate of drug-likeness (QED) is 0.807. The molecule has 1 amide bonds. The number of methoxy groups -OCH3 is 1. The molecule has 1 heterocycles. The maximum absolute atomic E-state index is 11.8. The number of aromatic nitrogens is 3. The third-order valence-electron chi connectivity index (χ3n) is 2.00. The number of anilines is 1. The molecule has 0 aliphatic heterocycles. The molecule has 2 N–H and O–H groups in total. The van der Waals surface area contributed by atoms with Crippen molar-refractivity contribution in [2.24, 2.45) is 0 Å². The van der Waals surface area contributed by atoms with E-state index in [0.29, 0.717) is 17.3 Å². The molecule has 0 aliphatic rings. The van der Waals surface area contributed by atoms with Crippen LogP contribution in [0.5, 0.6) is 5.75 Å². The van der Waals surface area contributed by atoms with Crippen molar-refractivity contribution >= 4 is 11.9 Å². The van der Waals surface area contributed by atoms with Gasteiger partial charge in [-0.2, -0.15) is 10.1 Å². The summed E-state index contributed by atoms with van der Waals surface area (Å²) in [6.07, 6.45) is 1.32. The number of hydrogen-bond acceptors (Lipinski definition) is 4. The largest absolute Gasteiger partial charge is 0.496 e. The number of aromatic amines is 1. The highest BCUT2D eigenvalue weighted by atomic mass is 16.5. The normalized spacial score (nSPS) is 9.81. The molecule has 2 aromatic rings. The van der Waals surface area contributed by atoms with E-state index in [1.165, 1.54) is 13.4 Å². The van der Waals surface area contributed by atoms with Crippen LogP contribution in [0.3, 0.4) is 0 Å². The van der Waals surface area contributed by atoms with E-state index < -0.39 is 0 Å². The number of nitrogens with zero attached hydrogens (tertiary/aromatic N) is 2. The lowest BCUT2D eigenvalue weighted by atomic mass is 10.2. The molecule has 0 unspecified atom stereocenters. The molecule has 6 nitrogen and oxygen atoms in total. The number of carbonyl (C=O) groups is 1. The summed E-state index contributed by atoms with van der Waals surface area (Å²) in [7, 11) is 1.51. The minimum atomic E-state index is -0.297. The fraction of sp³-hybridized carbons (Fsp3) is 0.100. The Labute approximate surface area is 91.7 Å². The Morgan fingerprint density at radius 1 is 1.44 bits per heavy atom. The van der Waals surface area contributed by atoms with Crippen molar-refractivity contribution in [1.82, 2.24) is 15.2 Å². The van der Waals surface area contributed by atoms with Gasteiger partial charge >= 0.3 is 0 Å². The van der Waals surface area contributed by atoms with E-state index in [1.54, 1.807) is 24.3 Å². The predicted molar refractivity (Wildman–Crippen MR) is 57.3 cm³/mol. The predicted octanol–water partition coefficient (Wildman–Crippen LogP) is 1.07. The number of carbonyl (C=O) groups excluding carboxylic acids is 1. The van der Waals surface area contributed by atoms with Crippen LogP contribution in [-0.4, -0.2) is 28.2 Å². The Morgan fingerprint density at radius 2 is 2.25 bits per heavy atom. The fourth-order valence-electron chi connectivity index (χ4n) is 1.27. The number of rotatable bonds is 3. The van der Waals surface area contributed by atoms with E-state index >= 15 is 0 Å². The molecule has 0 saturated heterocycles. The third-order valence-corrected chi connectivity index (χ3v) is 2.00. The van der Waals surface area contributed by atoms with Crippen molar-refractivity contribution in [3.05, 3.63) is 36.2 Å². The summed E-state index contributed by atoms with van der Waals surface area (Å²) in [5.74, 6) is 0.518. The molecule has 16 heavy (non-hydrogen) atoms. The van der Waals surface area contributed by atoms with Gasteiger partial charge in [-0.3, -0.25) is 10.1 Å². The highest BCUT2D eigenvalue weighted by Crippen LogP contribution is 2.17. The van der Waals surface area contributed by atoms with Gasteiger partial charge in [-0.25, -0.2) is 5.10 Å². The van der Waals surface area contributed by atoms with Crippen LogP contribution in [0.25, 0.3) is 0 Å². The Kier molecular flexibility index (Phi) is 2.81. The second-order valence-corrected chi connectivity index (χ2v) is 2.99. The van der Waals surface area contributed by atoms with Gasteiger partial charge in [0.1, 0.15) is 12.1 Å². The van der Waals surface area contributed by atoms with Gasteiger partial charge < -0.3 is 4.74 Å². The molecule has 0 atom stereocenters. The van der Waals surface area contributed by atoms with Gasteiger partial charge in [0.25, 0.3) is 5.91 Å². The number of H-pyrrole nitrogens is 1. The van der Waals surface area contributed by atoms with Gasteiger partial charge in [0.15, 0.2) is 0 Å². The molecule has 0 saturated carbocycles. The van der Waals surface area contributed by atoms with Crippen LogP contribution >= 0.6 is 0 Å². The number of para-hydroxylation sites is 1. The first-order chi connectivity index (χ1) is 7.81. The maximum Gasteiger partial charge on any atom is 0.261 e. The molecule has 0 aliphatic carbocycles. The Morgan fingerprint density at radius 3 is 2.94 bits per heavy atom. The number of nitrogens with one attached hydrogen (secondary N) is 2. The summed E-state index contributed by atoms with van der Waals surface area (Å²) in [6, 6.07) is 6.95. The van der Waals surface area contributed by atoms with Crippen molar-refractivity contribution in [3.63, 3.8) is 0 Å². The summed E-state index contributed by atoms with van der Waals surface area (Å²) in [6.45, 7) is 0. The molecular weight excluding hydrogens is 208 g/mol. The van der Waals surface area contributed by atoms with Crippen LogP contribution in [0, 0.1) is 0 Å².